The van der Waals surface area contributed by atoms with Gasteiger partial charge in [-0.1, -0.05) is 31.2 Å². The zero-order valence-electron chi connectivity index (χ0n) is 11.6. The predicted octanol–water partition coefficient (Wildman–Crippen LogP) is 2.17. The Labute approximate surface area is 114 Å². The Kier molecular flexibility index (Phi) is 6.09. The molecule has 1 rings (SSSR count). The van der Waals surface area contributed by atoms with Crippen LogP contribution in [-0.2, 0) is 4.79 Å². The average Bonchev–Trinajstić information content (AvgIpc) is 2.44. The maximum Gasteiger partial charge on any atom is 0.237 e. The van der Waals surface area contributed by atoms with E-state index in [-0.39, 0.29) is 11.9 Å². The van der Waals surface area contributed by atoms with Crippen LogP contribution in [0.3, 0.4) is 0 Å². The van der Waals surface area contributed by atoms with Gasteiger partial charge in [-0.2, -0.15) is 0 Å². The number of para-hydroxylation sites is 1. The molecule has 0 aliphatic carbocycles. The van der Waals surface area contributed by atoms with E-state index < -0.39 is 6.04 Å². The number of amides is 1. The lowest BCUT2D eigenvalue weighted by Gasteiger charge is -2.21. The van der Waals surface area contributed by atoms with Gasteiger partial charge in [0.1, 0.15) is 5.75 Å². The van der Waals surface area contributed by atoms with Crippen molar-refractivity contribution >= 4 is 5.91 Å². The summed E-state index contributed by atoms with van der Waals surface area (Å²) in [5.41, 5.74) is 6.73. The third-order valence-corrected chi connectivity index (χ3v) is 3.00. The smallest absolute Gasteiger partial charge is 0.237 e. The van der Waals surface area contributed by atoms with Crippen molar-refractivity contribution < 1.29 is 9.53 Å². The van der Waals surface area contributed by atoms with Gasteiger partial charge in [0.25, 0.3) is 0 Å². The molecule has 3 N–H and O–H groups in total. The topological polar surface area (TPSA) is 64.4 Å². The molecule has 1 aromatic rings. The number of hydrogen-bond donors (Lipinski definition) is 2. The van der Waals surface area contributed by atoms with Gasteiger partial charge in [0, 0.05) is 5.56 Å². The van der Waals surface area contributed by atoms with E-state index in [0.29, 0.717) is 6.42 Å². The van der Waals surface area contributed by atoms with Gasteiger partial charge >= 0.3 is 0 Å². The number of nitrogens with one attached hydrogen (secondary N) is 1. The first kappa shape index (κ1) is 15.2. The van der Waals surface area contributed by atoms with E-state index in [1.807, 2.05) is 31.2 Å². The minimum atomic E-state index is -0.554. The number of methoxy groups -OCH3 is 1. The molecule has 104 valence electrons. The second-order valence-electron chi connectivity index (χ2n) is 4.34. The molecule has 0 aliphatic heterocycles. The highest BCUT2D eigenvalue weighted by Gasteiger charge is 2.19. The molecule has 0 aliphatic rings. The van der Waals surface area contributed by atoms with Crippen molar-refractivity contribution in [2.45, 2.75) is 31.8 Å². The molecular formula is C15H22N2O2. The number of benzene rings is 1. The summed E-state index contributed by atoms with van der Waals surface area (Å²) in [6.45, 7) is 5.60. The molecule has 0 bridgehead atoms. The minimum Gasteiger partial charge on any atom is -0.496 e. The highest BCUT2D eigenvalue weighted by molar-refractivity contribution is 5.82. The quantitative estimate of drug-likeness (QED) is 0.740. The fraction of sp³-hybridized carbons (Fsp3) is 0.400. The van der Waals surface area contributed by atoms with Crippen molar-refractivity contribution in [3.8, 4) is 5.75 Å². The van der Waals surface area contributed by atoms with Gasteiger partial charge < -0.3 is 15.8 Å². The Hall–Kier alpha value is -1.81. The van der Waals surface area contributed by atoms with Gasteiger partial charge in [-0.3, -0.25) is 4.79 Å². The first-order valence-corrected chi connectivity index (χ1v) is 6.43. The Morgan fingerprint density at radius 3 is 2.79 bits per heavy atom. The lowest BCUT2D eigenvalue weighted by Crippen LogP contribution is -2.41. The lowest BCUT2D eigenvalue weighted by atomic mass is 10.0. The van der Waals surface area contributed by atoms with Crippen LogP contribution in [0.1, 0.15) is 31.4 Å². The molecule has 1 aromatic carbocycles. The Morgan fingerprint density at radius 2 is 2.21 bits per heavy atom. The van der Waals surface area contributed by atoms with E-state index in [2.05, 4.69) is 11.9 Å². The van der Waals surface area contributed by atoms with Crippen molar-refractivity contribution in [1.29, 1.82) is 0 Å². The molecule has 4 nitrogen and oxygen atoms in total. The van der Waals surface area contributed by atoms with Crippen molar-refractivity contribution in [3.63, 3.8) is 0 Å². The van der Waals surface area contributed by atoms with Crippen LogP contribution in [0.25, 0.3) is 0 Å². The molecular weight excluding hydrogens is 240 g/mol. The Balaban J connectivity index is 2.83. The molecule has 0 radical (unpaired) electrons. The maximum absolute atomic E-state index is 12.0. The molecule has 0 heterocycles. The molecule has 0 spiro atoms. The molecule has 0 fully saturated rings. The van der Waals surface area contributed by atoms with Gasteiger partial charge in [0.15, 0.2) is 0 Å². The van der Waals surface area contributed by atoms with E-state index in [0.717, 1.165) is 17.7 Å². The summed E-state index contributed by atoms with van der Waals surface area (Å²) in [5.74, 6) is 0.601. The Morgan fingerprint density at radius 1 is 1.53 bits per heavy atom. The third-order valence-electron chi connectivity index (χ3n) is 3.00. The van der Waals surface area contributed by atoms with Gasteiger partial charge in [-0.15, -0.1) is 6.58 Å². The van der Waals surface area contributed by atoms with Crippen molar-refractivity contribution in [1.82, 2.24) is 5.32 Å². The number of carbonyl (C=O) groups excluding carboxylic acids is 1. The third kappa shape index (κ3) is 4.10. The van der Waals surface area contributed by atoms with Crippen LogP contribution < -0.4 is 15.8 Å². The lowest BCUT2D eigenvalue weighted by molar-refractivity contribution is -0.123. The summed E-state index contributed by atoms with van der Waals surface area (Å²) >= 11 is 0. The fourth-order valence-electron chi connectivity index (χ4n) is 1.92. The van der Waals surface area contributed by atoms with Gasteiger partial charge in [0.2, 0.25) is 5.91 Å². The van der Waals surface area contributed by atoms with Crippen molar-refractivity contribution in [2.24, 2.45) is 5.73 Å². The van der Waals surface area contributed by atoms with Crippen LogP contribution in [0, 0.1) is 0 Å². The first-order valence-electron chi connectivity index (χ1n) is 6.43. The summed E-state index contributed by atoms with van der Waals surface area (Å²) in [6, 6.07) is 7.01. The van der Waals surface area contributed by atoms with E-state index in [1.165, 1.54) is 0 Å². The zero-order chi connectivity index (χ0) is 14.3. The second kappa shape index (κ2) is 7.59. The molecule has 1 amide bonds. The van der Waals surface area contributed by atoms with Crippen molar-refractivity contribution in [3.05, 3.63) is 42.5 Å². The monoisotopic (exact) mass is 262 g/mol. The summed E-state index contributed by atoms with van der Waals surface area (Å²) in [5, 5.41) is 2.95. The van der Waals surface area contributed by atoms with Crippen LogP contribution in [0.2, 0.25) is 0 Å². The van der Waals surface area contributed by atoms with E-state index in [4.69, 9.17) is 10.5 Å². The SMILES string of the molecule is C=CCC(N)C(=O)NC(CC)c1ccccc1OC. The van der Waals surface area contributed by atoms with E-state index >= 15 is 0 Å². The molecule has 0 saturated heterocycles. The molecule has 2 atom stereocenters. The number of ether oxygens (including phenoxy) is 1. The van der Waals surface area contributed by atoms with E-state index in [1.54, 1.807) is 13.2 Å². The summed E-state index contributed by atoms with van der Waals surface area (Å²) in [7, 11) is 1.62. The molecule has 19 heavy (non-hydrogen) atoms. The van der Waals surface area contributed by atoms with Gasteiger partial charge in [-0.05, 0) is 18.9 Å². The number of hydrogen-bond acceptors (Lipinski definition) is 3. The van der Waals surface area contributed by atoms with Crippen LogP contribution >= 0.6 is 0 Å². The largest absolute Gasteiger partial charge is 0.496 e. The molecule has 0 aromatic heterocycles. The fourth-order valence-corrected chi connectivity index (χ4v) is 1.92. The highest BCUT2D eigenvalue weighted by atomic mass is 16.5. The first-order chi connectivity index (χ1) is 9.13. The summed E-state index contributed by atoms with van der Waals surface area (Å²) in [6.07, 6.45) is 2.88. The number of carbonyl (C=O) groups is 1. The van der Waals surface area contributed by atoms with Crippen LogP contribution in [0.4, 0.5) is 0 Å². The predicted molar refractivity (Wildman–Crippen MR) is 77.0 cm³/mol. The number of nitrogens with two attached hydrogens (primary N) is 1. The molecule has 0 saturated carbocycles. The minimum absolute atomic E-state index is 0.0977. The van der Waals surface area contributed by atoms with Crippen LogP contribution in [-0.4, -0.2) is 19.1 Å². The summed E-state index contributed by atoms with van der Waals surface area (Å²) < 4.78 is 5.32. The van der Waals surface area contributed by atoms with Gasteiger partial charge in [-0.25, -0.2) is 0 Å². The standard InChI is InChI=1S/C15H22N2O2/c1-4-8-12(16)15(18)17-13(5-2)11-9-6-7-10-14(11)19-3/h4,6-7,9-10,12-13H,1,5,8,16H2,2-3H3,(H,17,18). The Bertz CT molecular complexity index is 432. The van der Waals surface area contributed by atoms with Crippen LogP contribution in [0.15, 0.2) is 36.9 Å². The maximum atomic E-state index is 12.0. The average molecular weight is 262 g/mol. The van der Waals surface area contributed by atoms with Gasteiger partial charge in [0.05, 0.1) is 19.2 Å². The number of rotatable bonds is 7. The zero-order valence-corrected chi connectivity index (χ0v) is 11.6. The molecule has 4 heteroatoms. The highest BCUT2D eigenvalue weighted by Crippen LogP contribution is 2.26. The normalized spacial score (nSPS) is 13.4. The van der Waals surface area contributed by atoms with Crippen molar-refractivity contribution in [2.75, 3.05) is 7.11 Å². The molecule has 2 unspecified atom stereocenters. The van der Waals surface area contributed by atoms with Crippen LogP contribution in [0.5, 0.6) is 5.75 Å². The van der Waals surface area contributed by atoms with E-state index in [9.17, 15) is 4.79 Å². The summed E-state index contributed by atoms with van der Waals surface area (Å²) in [4.78, 5) is 12.0. The second-order valence-corrected chi connectivity index (χ2v) is 4.34.